The van der Waals surface area contributed by atoms with E-state index >= 15 is 0 Å². The summed E-state index contributed by atoms with van der Waals surface area (Å²) in [6.45, 7) is 0.771. The maximum atomic E-state index is 13.5. The highest BCUT2D eigenvalue weighted by Gasteiger charge is 2.48. The number of esters is 2. The fourth-order valence-electron chi connectivity index (χ4n) is 8.44. The van der Waals surface area contributed by atoms with Crippen LogP contribution in [0.3, 0.4) is 0 Å². The first kappa shape index (κ1) is 41.2. The highest BCUT2D eigenvalue weighted by molar-refractivity contribution is 6.31. The molecule has 2 aliphatic rings. The van der Waals surface area contributed by atoms with Crippen molar-refractivity contribution in [3.63, 3.8) is 0 Å². The molecule has 0 aliphatic heterocycles. The van der Waals surface area contributed by atoms with Crippen LogP contribution in [0.5, 0.6) is 11.5 Å². The lowest BCUT2D eigenvalue weighted by Crippen LogP contribution is -2.46. The second-order valence-electron chi connectivity index (χ2n) is 15.3. The second-order valence-corrected chi connectivity index (χ2v) is 15.7. The predicted octanol–water partition coefficient (Wildman–Crippen LogP) is 6.90. The van der Waals surface area contributed by atoms with E-state index in [4.69, 9.17) is 25.8 Å². The number of pyridine rings is 1. The lowest BCUT2D eigenvalue weighted by atomic mass is 9.80. The van der Waals surface area contributed by atoms with E-state index in [1.54, 1.807) is 31.4 Å². The molecule has 1 aromatic heterocycles. The zero-order chi connectivity index (χ0) is 39.8. The molecule has 4 aromatic rings. The van der Waals surface area contributed by atoms with Crippen LogP contribution in [0.2, 0.25) is 5.02 Å². The van der Waals surface area contributed by atoms with E-state index < -0.39 is 23.6 Å². The van der Waals surface area contributed by atoms with Gasteiger partial charge in [0.1, 0.15) is 24.2 Å². The number of methoxy groups -OCH3 is 1. The average Bonchev–Trinajstić information content (AvgIpc) is 3.75. The van der Waals surface area contributed by atoms with Gasteiger partial charge in [0, 0.05) is 35.0 Å². The van der Waals surface area contributed by atoms with Crippen LogP contribution in [0.25, 0.3) is 10.9 Å². The van der Waals surface area contributed by atoms with Crippen LogP contribution in [-0.4, -0.2) is 76.6 Å². The van der Waals surface area contributed by atoms with Gasteiger partial charge in [0.05, 0.1) is 25.2 Å². The Bertz CT molecular complexity index is 2020. The van der Waals surface area contributed by atoms with Crippen molar-refractivity contribution >= 4 is 34.4 Å². The number of ether oxygens (including phenoxy) is 3. The van der Waals surface area contributed by atoms with Crippen LogP contribution >= 0.6 is 11.6 Å². The van der Waals surface area contributed by atoms with Crippen LogP contribution in [0.1, 0.15) is 92.6 Å². The molecule has 0 bridgehead atoms. The van der Waals surface area contributed by atoms with Crippen molar-refractivity contribution in [3.8, 4) is 11.5 Å². The topological polar surface area (TPSA) is 159 Å². The molecule has 2 saturated carbocycles. The van der Waals surface area contributed by atoms with Crippen LogP contribution in [-0.2, 0) is 37.5 Å². The number of hydrogen-bond acceptors (Lipinski definition) is 10. The van der Waals surface area contributed by atoms with E-state index in [-0.39, 0.29) is 47.9 Å². The molecule has 300 valence electrons. The fraction of sp³-hybridized carbons (Fsp3) is 0.477. The summed E-state index contributed by atoms with van der Waals surface area (Å²) in [5.41, 5.74) is 0.965. The van der Waals surface area contributed by atoms with Crippen LogP contribution in [0.4, 0.5) is 0 Å². The Kier molecular flexibility index (Phi) is 13.8. The summed E-state index contributed by atoms with van der Waals surface area (Å²) in [7, 11) is 3.56. The number of rotatable bonds is 16. The number of aryl methyl sites for hydroxylation is 1. The highest BCUT2D eigenvalue weighted by atomic mass is 35.5. The van der Waals surface area contributed by atoms with E-state index in [0.717, 1.165) is 44.1 Å². The van der Waals surface area contributed by atoms with Gasteiger partial charge < -0.3 is 39.4 Å². The van der Waals surface area contributed by atoms with E-state index in [1.807, 2.05) is 37.4 Å². The number of aromatic amines is 1. The molecule has 0 unspecified atom stereocenters. The average molecular weight is 789 g/mol. The second kappa shape index (κ2) is 18.7. The number of aromatic hydroxyl groups is 1. The molecule has 2 fully saturated rings. The maximum Gasteiger partial charge on any atom is 0.343 e. The van der Waals surface area contributed by atoms with E-state index in [9.17, 15) is 29.7 Å². The summed E-state index contributed by atoms with van der Waals surface area (Å²) in [6, 6.07) is 19.1. The molecule has 3 aromatic carbocycles. The number of H-pyrrole nitrogens is 1. The summed E-state index contributed by atoms with van der Waals surface area (Å²) in [5.74, 6) is -0.556. The molecule has 2 atom stereocenters. The lowest BCUT2D eigenvalue weighted by molar-refractivity contribution is -0.181. The predicted molar refractivity (Wildman–Crippen MR) is 214 cm³/mol. The zero-order valence-electron chi connectivity index (χ0n) is 32.2. The molecular formula is C44H53ClN2O9. The van der Waals surface area contributed by atoms with Crippen LogP contribution in [0, 0.1) is 5.92 Å². The molecule has 0 amide bonds. The molecule has 0 saturated heterocycles. The molecule has 12 heteroatoms. The fourth-order valence-corrected chi connectivity index (χ4v) is 8.70. The maximum absolute atomic E-state index is 13.5. The SMILES string of the molecule is COc1cc(CC(=O)OCCN(C)C2CCC(OC(=O)[C@](O)(c3ccccc3)C3CCCC3)CC2)c(Cl)cc1CCC[C@H](O)c1ccc(O)c2[nH]c(=O)ccc12. The van der Waals surface area contributed by atoms with Crippen molar-refractivity contribution in [2.24, 2.45) is 5.92 Å². The standard InChI is InChI=1S/C44H53ClN2O9/c1-47(32-15-17-33(18-16-32)56-43(52)44(53,31-12-6-7-13-31)30-10-4-3-5-11-30)23-24-55-41(51)27-29-26-39(54-2)28(25-36(29)45)9-8-14-37(48)34-19-21-38(49)42-35(34)20-22-40(50)46-42/h3-5,10-11,19-22,25-26,31-33,37,48-49,53H,6-9,12-18,23-24,27H2,1-2H3,(H,46,50)/t32?,33?,37-,44-/m0/s1. The number of carbonyl (C=O) groups is 2. The molecule has 0 radical (unpaired) electrons. The van der Waals surface area contributed by atoms with Gasteiger partial charge in [0.15, 0.2) is 5.60 Å². The number of aliphatic hydroxyl groups is 2. The summed E-state index contributed by atoms with van der Waals surface area (Å²) >= 11 is 6.63. The number of aromatic nitrogens is 1. The van der Waals surface area contributed by atoms with Gasteiger partial charge in [0.2, 0.25) is 5.56 Å². The Morgan fingerprint density at radius 1 is 0.982 bits per heavy atom. The smallest absolute Gasteiger partial charge is 0.343 e. The van der Waals surface area contributed by atoms with Gasteiger partial charge in [-0.3, -0.25) is 9.59 Å². The minimum Gasteiger partial charge on any atom is -0.506 e. The van der Waals surface area contributed by atoms with Gasteiger partial charge in [-0.05, 0) is 111 Å². The van der Waals surface area contributed by atoms with Gasteiger partial charge in [-0.25, -0.2) is 4.79 Å². The molecule has 11 nitrogen and oxygen atoms in total. The third kappa shape index (κ3) is 9.57. The molecule has 6 rings (SSSR count). The number of phenolic OH excluding ortho intramolecular Hbond substituents is 1. The molecule has 0 spiro atoms. The molecule has 4 N–H and O–H groups in total. The quantitative estimate of drug-likeness (QED) is 0.0881. The summed E-state index contributed by atoms with van der Waals surface area (Å²) in [4.78, 5) is 43.0. The van der Waals surface area contributed by atoms with E-state index in [2.05, 4.69) is 9.88 Å². The Morgan fingerprint density at radius 2 is 1.71 bits per heavy atom. The first-order chi connectivity index (χ1) is 27.0. The van der Waals surface area contributed by atoms with Gasteiger partial charge >= 0.3 is 11.9 Å². The number of hydrogen-bond donors (Lipinski definition) is 4. The number of nitrogens with one attached hydrogen (secondary N) is 1. The van der Waals surface area contributed by atoms with Crippen LogP contribution < -0.4 is 10.3 Å². The number of benzene rings is 3. The van der Waals surface area contributed by atoms with Gasteiger partial charge in [0.25, 0.3) is 0 Å². The molecule has 56 heavy (non-hydrogen) atoms. The summed E-state index contributed by atoms with van der Waals surface area (Å²) < 4.78 is 17.2. The van der Waals surface area contributed by atoms with Crippen molar-refractivity contribution in [3.05, 3.63) is 104 Å². The first-order valence-corrected chi connectivity index (χ1v) is 20.1. The molecule has 2 aliphatic carbocycles. The normalized spacial score (nSPS) is 19.1. The minimum absolute atomic E-state index is 0.0133. The van der Waals surface area contributed by atoms with Gasteiger partial charge in [-0.1, -0.05) is 60.8 Å². The lowest BCUT2D eigenvalue weighted by Gasteiger charge is -2.37. The summed E-state index contributed by atoms with van der Waals surface area (Å²) in [5, 5.41) is 33.9. The number of halogens is 1. The van der Waals surface area contributed by atoms with E-state index in [1.165, 1.54) is 12.1 Å². The van der Waals surface area contributed by atoms with Gasteiger partial charge in [-0.15, -0.1) is 0 Å². The number of fused-ring (bicyclic) bond motifs is 1. The van der Waals surface area contributed by atoms with Crippen molar-refractivity contribution in [1.29, 1.82) is 0 Å². The monoisotopic (exact) mass is 788 g/mol. The van der Waals surface area contributed by atoms with Crippen molar-refractivity contribution < 1.29 is 39.1 Å². The van der Waals surface area contributed by atoms with Crippen LogP contribution in [0.15, 0.2) is 71.5 Å². The number of likely N-dealkylation sites (N-methyl/N-ethyl adjacent to an activating group) is 1. The first-order valence-electron chi connectivity index (χ1n) is 19.7. The Balaban J connectivity index is 0.938. The number of nitrogens with zero attached hydrogens (tertiary/aromatic N) is 1. The van der Waals surface area contributed by atoms with Gasteiger partial charge in [-0.2, -0.15) is 0 Å². The third-order valence-corrected chi connectivity index (χ3v) is 12.0. The highest BCUT2D eigenvalue weighted by Crippen LogP contribution is 2.42. The molecular weight excluding hydrogens is 736 g/mol. The van der Waals surface area contributed by atoms with E-state index in [0.29, 0.717) is 71.5 Å². The number of aliphatic hydroxyl groups excluding tert-OH is 1. The van der Waals surface area contributed by atoms with Crippen molar-refractivity contribution in [2.75, 3.05) is 27.3 Å². The minimum atomic E-state index is -1.63. The van der Waals surface area contributed by atoms with Crippen molar-refractivity contribution in [2.45, 2.75) is 101 Å². The van der Waals surface area contributed by atoms with Crippen molar-refractivity contribution in [1.82, 2.24) is 9.88 Å². The molecule has 1 heterocycles. The summed E-state index contributed by atoms with van der Waals surface area (Å²) in [6.07, 6.45) is 7.14. The largest absolute Gasteiger partial charge is 0.506 e. The number of carbonyl (C=O) groups excluding carboxylic acids is 2. The Labute approximate surface area is 332 Å². The number of phenols is 1. The zero-order valence-corrected chi connectivity index (χ0v) is 32.9. The third-order valence-electron chi connectivity index (χ3n) is 11.7. The Hall–Kier alpha value is -4.42. The Morgan fingerprint density at radius 3 is 2.43 bits per heavy atom.